The fraction of sp³-hybridized carbons (Fsp3) is 0.208. The Kier molecular flexibility index (Phi) is 7.19. The van der Waals surface area contributed by atoms with E-state index in [2.05, 4.69) is 15.2 Å². The van der Waals surface area contributed by atoms with Crippen LogP contribution >= 0.6 is 11.6 Å². The first-order valence-corrected chi connectivity index (χ1v) is 10.8. The molecule has 1 fully saturated rings. The Balaban J connectivity index is 1.43. The van der Waals surface area contributed by atoms with Crippen molar-refractivity contribution < 1.29 is 19.5 Å². The molecule has 2 aromatic carbocycles. The topological polar surface area (TPSA) is 104 Å². The number of hydrogen-bond acceptors (Lipinski definition) is 6. The van der Waals surface area contributed by atoms with Gasteiger partial charge in [0.15, 0.2) is 0 Å². The van der Waals surface area contributed by atoms with Crippen molar-refractivity contribution in [2.24, 2.45) is 0 Å². The molecule has 1 aromatic heterocycles. The summed E-state index contributed by atoms with van der Waals surface area (Å²) < 4.78 is 5.40. The molecule has 0 atom stereocenters. The lowest BCUT2D eigenvalue weighted by atomic mass is 10.1. The van der Waals surface area contributed by atoms with Gasteiger partial charge >= 0.3 is 0 Å². The normalized spacial score (nSPS) is 13.5. The van der Waals surface area contributed by atoms with Crippen molar-refractivity contribution in [3.63, 3.8) is 0 Å². The zero-order valence-electron chi connectivity index (χ0n) is 17.8. The van der Waals surface area contributed by atoms with E-state index in [9.17, 15) is 9.59 Å². The highest BCUT2D eigenvalue weighted by molar-refractivity contribution is 6.33. The number of carbonyl (C=O) groups is 2. The molecular formula is C24H23ClN4O4. The first-order valence-electron chi connectivity index (χ1n) is 10.5. The summed E-state index contributed by atoms with van der Waals surface area (Å²) in [5.74, 6) is -0.833. The summed E-state index contributed by atoms with van der Waals surface area (Å²) in [6.45, 7) is 3.24. The summed E-state index contributed by atoms with van der Waals surface area (Å²) in [4.78, 5) is 30.6. The molecule has 1 aliphatic heterocycles. The number of nitrogens with zero attached hydrogens (tertiary/aromatic N) is 2. The van der Waals surface area contributed by atoms with E-state index in [0.717, 1.165) is 29.9 Å². The summed E-state index contributed by atoms with van der Waals surface area (Å²) in [6.07, 6.45) is 1.59. The van der Waals surface area contributed by atoms with Gasteiger partial charge < -0.3 is 15.0 Å². The number of aromatic nitrogens is 1. The molecule has 0 aliphatic carbocycles. The molecule has 2 amide bonds. The molecule has 33 heavy (non-hydrogen) atoms. The molecular weight excluding hydrogens is 444 g/mol. The van der Waals surface area contributed by atoms with E-state index in [0.29, 0.717) is 35.1 Å². The van der Waals surface area contributed by atoms with Crippen LogP contribution in [0, 0.1) is 0 Å². The van der Waals surface area contributed by atoms with E-state index in [4.69, 9.17) is 21.5 Å². The number of ether oxygens (including phenoxy) is 1. The summed E-state index contributed by atoms with van der Waals surface area (Å²) >= 11 is 6.54. The van der Waals surface area contributed by atoms with E-state index in [1.165, 1.54) is 0 Å². The van der Waals surface area contributed by atoms with Crippen molar-refractivity contribution in [1.82, 2.24) is 15.8 Å². The third-order valence-corrected chi connectivity index (χ3v) is 5.69. The lowest BCUT2D eigenvalue weighted by Crippen LogP contribution is -2.36. The van der Waals surface area contributed by atoms with Crippen molar-refractivity contribution >= 4 is 29.1 Å². The second-order valence-corrected chi connectivity index (χ2v) is 7.92. The average molecular weight is 467 g/mol. The lowest BCUT2D eigenvalue weighted by Gasteiger charge is -2.29. The number of halogens is 1. The van der Waals surface area contributed by atoms with Crippen LogP contribution in [0.4, 0.5) is 5.69 Å². The fourth-order valence-electron chi connectivity index (χ4n) is 3.58. The van der Waals surface area contributed by atoms with Crippen LogP contribution in [0.2, 0.25) is 5.02 Å². The molecule has 4 rings (SSSR count). The van der Waals surface area contributed by atoms with Crippen molar-refractivity contribution in [3.8, 4) is 11.3 Å². The minimum Gasteiger partial charge on any atom is -0.378 e. The minimum atomic E-state index is -0.590. The second kappa shape index (κ2) is 10.4. The van der Waals surface area contributed by atoms with Gasteiger partial charge in [-0.05, 0) is 42.0 Å². The number of hydrogen-bond donors (Lipinski definition) is 3. The fourth-order valence-corrected chi connectivity index (χ4v) is 3.88. The molecule has 170 valence electrons. The van der Waals surface area contributed by atoms with Gasteiger partial charge in [-0.15, -0.1) is 0 Å². The molecule has 0 radical (unpaired) electrons. The van der Waals surface area contributed by atoms with E-state index < -0.39 is 5.91 Å². The van der Waals surface area contributed by atoms with Crippen LogP contribution < -0.4 is 15.7 Å². The summed E-state index contributed by atoms with van der Waals surface area (Å²) in [5.41, 5.74) is 5.63. The van der Waals surface area contributed by atoms with Crippen molar-refractivity contribution in [3.05, 3.63) is 82.5 Å². The van der Waals surface area contributed by atoms with Crippen LogP contribution in [0.5, 0.6) is 0 Å². The van der Waals surface area contributed by atoms with E-state index in [-0.39, 0.29) is 12.5 Å². The van der Waals surface area contributed by atoms with Gasteiger partial charge in [-0.2, -0.15) is 0 Å². The zero-order valence-corrected chi connectivity index (χ0v) is 18.5. The molecule has 1 aliphatic rings. The Morgan fingerprint density at radius 2 is 1.76 bits per heavy atom. The Hall–Kier alpha value is -3.46. The molecule has 0 bridgehead atoms. The molecule has 3 N–H and O–H groups in total. The van der Waals surface area contributed by atoms with Gasteiger partial charge in [0.2, 0.25) is 0 Å². The van der Waals surface area contributed by atoms with E-state index in [1.807, 2.05) is 18.2 Å². The zero-order chi connectivity index (χ0) is 23.2. The first kappa shape index (κ1) is 22.7. The quantitative estimate of drug-likeness (QED) is 0.380. The Morgan fingerprint density at radius 1 is 1.00 bits per heavy atom. The van der Waals surface area contributed by atoms with Gasteiger partial charge in [-0.1, -0.05) is 29.8 Å². The highest BCUT2D eigenvalue weighted by Crippen LogP contribution is 2.31. The summed E-state index contributed by atoms with van der Waals surface area (Å²) in [7, 11) is 0. The Labute approximate surface area is 196 Å². The third-order valence-electron chi connectivity index (χ3n) is 5.39. The maximum absolute atomic E-state index is 12.7. The lowest BCUT2D eigenvalue weighted by molar-refractivity contribution is 0.0706. The largest absolute Gasteiger partial charge is 0.378 e. The van der Waals surface area contributed by atoms with Crippen LogP contribution in [0.15, 0.2) is 60.8 Å². The highest BCUT2D eigenvalue weighted by atomic mass is 35.5. The second-order valence-electron chi connectivity index (χ2n) is 7.52. The van der Waals surface area contributed by atoms with Gasteiger partial charge in [0.05, 0.1) is 29.6 Å². The maximum atomic E-state index is 12.7. The molecule has 0 spiro atoms. The average Bonchev–Trinajstić information content (AvgIpc) is 2.87. The maximum Gasteiger partial charge on any atom is 0.274 e. The molecule has 9 heteroatoms. The first-order chi connectivity index (χ1) is 16.0. The van der Waals surface area contributed by atoms with Crippen molar-refractivity contribution in [2.45, 2.75) is 6.54 Å². The van der Waals surface area contributed by atoms with Gasteiger partial charge in [0, 0.05) is 42.5 Å². The van der Waals surface area contributed by atoms with Crippen LogP contribution in [0.1, 0.15) is 26.3 Å². The van der Waals surface area contributed by atoms with Gasteiger partial charge in [-0.3, -0.25) is 19.8 Å². The van der Waals surface area contributed by atoms with Crippen LogP contribution in [0.3, 0.4) is 0 Å². The van der Waals surface area contributed by atoms with Crippen LogP contribution in [-0.2, 0) is 11.3 Å². The Morgan fingerprint density at radius 3 is 2.45 bits per heavy atom. The number of benzene rings is 2. The number of carbonyl (C=O) groups excluding carboxylic acids is 2. The number of morpholine rings is 1. The molecule has 1 saturated heterocycles. The highest BCUT2D eigenvalue weighted by Gasteiger charge is 2.15. The molecule has 8 nitrogen and oxygen atoms in total. The third kappa shape index (κ3) is 5.48. The predicted molar refractivity (Wildman–Crippen MR) is 125 cm³/mol. The minimum absolute atomic E-state index is 0.244. The molecule has 3 aromatic rings. The van der Waals surface area contributed by atoms with E-state index >= 15 is 0 Å². The monoisotopic (exact) mass is 466 g/mol. The smallest absolute Gasteiger partial charge is 0.274 e. The SMILES string of the molecule is O=C(NO)c1ccc(CNC(=O)c2ccnc(-c3ccc(N4CCOCC4)c(Cl)c3)c2)cc1. The van der Waals surface area contributed by atoms with Gasteiger partial charge in [-0.25, -0.2) is 5.48 Å². The number of amides is 2. The number of hydroxylamine groups is 1. The molecule has 0 unspecified atom stereocenters. The van der Waals surface area contributed by atoms with E-state index in [1.54, 1.807) is 48.1 Å². The standard InChI is InChI=1S/C24H23ClN4O4/c25-20-13-18(5-6-22(20)29-9-11-33-12-10-29)21-14-19(7-8-26-21)23(30)27-15-16-1-3-17(4-2-16)24(31)28-32/h1-8,13-14,32H,9-12,15H2,(H,27,30)(H,28,31). The van der Waals surface area contributed by atoms with Crippen LogP contribution in [0.25, 0.3) is 11.3 Å². The van der Waals surface area contributed by atoms with Gasteiger partial charge in [0.1, 0.15) is 0 Å². The van der Waals surface area contributed by atoms with Gasteiger partial charge in [0.25, 0.3) is 11.8 Å². The number of pyridine rings is 1. The summed E-state index contributed by atoms with van der Waals surface area (Å²) in [5, 5.41) is 12.2. The predicted octanol–water partition coefficient (Wildman–Crippen LogP) is 3.29. The number of nitrogens with one attached hydrogen (secondary N) is 2. The Bertz CT molecular complexity index is 1150. The van der Waals surface area contributed by atoms with Crippen molar-refractivity contribution in [2.75, 3.05) is 31.2 Å². The number of anilines is 1. The van der Waals surface area contributed by atoms with Crippen LogP contribution in [-0.4, -0.2) is 48.3 Å². The number of rotatable bonds is 6. The summed E-state index contributed by atoms with van der Waals surface area (Å²) in [6, 6.07) is 15.7. The van der Waals surface area contributed by atoms with Crippen molar-refractivity contribution in [1.29, 1.82) is 0 Å². The molecule has 0 saturated carbocycles. The molecule has 2 heterocycles.